The minimum Gasteiger partial charge on any atom is -0.462 e. The van der Waals surface area contributed by atoms with Gasteiger partial charge in [0.1, 0.15) is 5.00 Å². The molecular formula is C22H28N2O3S. The summed E-state index contributed by atoms with van der Waals surface area (Å²) in [5.74, 6) is -0.436. The van der Waals surface area contributed by atoms with Crippen LogP contribution in [0.5, 0.6) is 0 Å². The Morgan fingerprint density at radius 3 is 2.64 bits per heavy atom. The largest absolute Gasteiger partial charge is 0.462 e. The highest BCUT2D eigenvalue weighted by Crippen LogP contribution is 2.38. The summed E-state index contributed by atoms with van der Waals surface area (Å²) >= 11 is 1.50. The third kappa shape index (κ3) is 4.45. The lowest BCUT2D eigenvalue weighted by molar-refractivity contribution is -0.123. The van der Waals surface area contributed by atoms with Crippen molar-refractivity contribution in [2.45, 2.75) is 40.2 Å². The molecule has 0 bridgehead atoms. The van der Waals surface area contributed by atoms with E-state index in [9.17, 15) is 9.59 Å². The first kappa shape index (κ1) is 20.6. The predicted octanol–water partition coefficient (Wildman–Crippen LogP) is 4.12. The first-order chi connectivity index (χ1) is 13.3. The molecule has 150 valence electrons. The highest BCUT2D eigenvalue weighted by Gasteiger charge is 2.33. The molecule has 6 heteroatoms. The summed E-state index contributed by atoms with van der Waals surface area (Å²) < 4.78 is 5.29. The molecule has 1 aromatic carbocycles. The lowest BCUT2D eigenvalue weighted by atomic mass is 9.85. The zero-order valence-corrected chi connectivity index (χ0v) is 17.8. The van der Waals surface area contributed by atoms with Crippen LogP contribution in [0.15, 0.2) is 30.3 Å². The first-order valence-electron chi connectivity index (χ1n) is 9.67. The van der Waals surface area contributed by atoms with E-state index in [4.69, 9.17) is 4.74 Å². The van der Waals surface area contributed by atoms with Crippen LogP contribution in [-0.4, -0.2) is 37.0 Å². The number of nitrogens with one attached hydrogen (secondary N) is 1. The van der Waals surface area contributed by atoms with Gasteiger partial charge in [0.2, 0.25) is 5.91 Å². The smallest absolute Gasteiger partial charge is 0.341 e. The molecule has 3 rings (SSSR count). The molecule has 1 aromatic heterocycles. The molecule has 0 saturated heterocycles. The van der Waals surface area contributed by atoms with Gasteiger partial charge in [-0.3, -0.25) is 4.79 Å². The molecule has 28 heavy (non-hydrogen) atoms. The zero-order chi connectivity index (χ0) is 20.3. The Labute approximate surface area is 170 Å². The standard InChI is InChI=1S/C22H28N2O3S/c1-5-27-20(25)18-16-11-12-24(4)14-17(16)28-19(18)23-21(26)22(2,3)13-15-9-7-6-8-10-15/h6-10H,5,11-14H2,1-4H3,(H,23,26). The number of likely N-dealkylation sites (N-methyl/N-ethyl adjacent to an activating group) is 1. The average molecular weight is 401 g/mol. The molecule has 1 aliphatic heterocycles. The highest BCUT2D eigenvalue weighted by atomic mass is 32.1. The second-order valence-corrected chi connectivity index (χ2v) is 9.02. The third-order valence-electron chi connectivity index (χ3n) is 5.06. The molecule has 2 heterocycles. The lowest BCUT2D eigenvalue weighted by Gasteiger charge is -2.23. The average Bonchev–Trinajstić information content (AvgIpc) is 2.99. The molecule has 1 N–H and O–H groups in total. The summed E-state index contributed by atoms with van der Waals surface area (Å²) in [6, 6.07) is 9.98. The quantitative estimate of drug-likeness (QED) is 0.741. The van der Waals surface area contributed by atoms with Gasteiger partial charge in [0.15, 0.2) is 0 Å². The van der Waals surface area contributed by atoms with E-state index >= 15 is 0 Å². The van der Waals surface area contributed by atoms with Crippen molar-refractivity contribution in [2.75, 3.05) is 25.5 Å². The number of hydrogen-bond acceptors (Lipinski definition) is 5. The van der Waals surface area contributed by atoms with Gasteiger partial charge >= 0.3 is 5.97 Å². The fourth-order valence-electron chi connectivity index (χ4n) is 3.50. The van der Waals surface area contributed by atoms with Crippen LogP contribution in [0.1, 0.15) is 47.1 Å². The maximum Gasteiger partial charge on any atom is 0.341 e. The second kappa shape index (κ2) is 8.45. The number of fused-ring (bicyclic) bond motifs is 1. The summed E-state index contributed by atoms with van der Waals surface area (Å²) in [4.78, 5) is 29.1. The van der Waals surface area contributed by atoms with E-state index in [1.54, 1.807) is 6.92 Å². The highest BCUT2D eigenvalue weighted by molar-refractivity contribution is 7.17. The molecule has 0 spiro atoms. The number of anilines is 1. The number of thiophene rings is 1. The minimum atomic E-state index is -0.603. The number of amides is 1. The molecule has 0 atom stereocenters. The van der Waals surface area contributed by atoms with E-state index in [1.165, 1.54) is 11.3 Å². The Kier molecular flexibility index (Phi) is 6.20. The monoisotopic (exact) mass is 400 g/mol. The zero-order valence-electron chi connectivity index (χ0n) is 17.0. The van der Waals surface area contributed by atoms with Crippen molar-refractivity contribution in [2.24, 2.45) is 5.41 Å². The molecule has 1 aliphatic rings. The van der Waals surface area contributed by atoms with Gasteiger partial charge in [0.25, 0.3) is 0 Å². The van der Waals surface area contributed by atoms with Gasteiger partial charge in [-0.05, 0) is 37.9 Å². The molecular weight excluding hydrogens is 372 g/mol. The molecule has 0 saturated carbocycles. The number of hydrogen-bond donors (Lipinski definition) is 1. The summed E-state index contributed by atoms with van der Waals surface area (Å²) in [6.07, 6.45) is 1.42. The molecule has 1 amide bonds. The van der Waals surface area contributed by atoms with Crippen molar-refractivity contribution < 1.29 is 14.3 Å². The van der Waals surface area contributed by atoms with Crippen LogP contribution in [0.4, 0.5) is 5.00 Å². The van der Waals surface area contributed by atoms with E-state index in [0.29, 0.717) is 23.6 Å². The topological polar surface area (TPSA) is 58.6 Å². The Morgan fingerprint density at radius 2 is 1.96 bits per heavy atom. The van der Waals surface area contributed by atoms with Gasteiger partial charge in [-0.1, -0.05) is 44.2 Å². The maximum atomic E-state index is 13.1. The number of benzene rings is 1. The first-order valence-corrected chi connectivity index (χ1v) is 10.5. The van der Waals surface area contributed by atoms with E-state index in [2.05, 4.69) is 17.3 Å². The van der Waals surface area contributed by atoms with Crippen LogP contribution >= 0.6 is 11.3 Å². The lowest BCUT2D eigenvalue weighted by Crippen LogP contribution is -2.33. The normalized spacial score (nSPS) is 14.4. The third-order valence-corrected chi connectivity index (χ3v) is 6.19. The molecule has 2 aromatic rings. The Balaban J connectivity index is 1.86. The Bertz CT molecular complexity index is 858. The van der Waals surface area contributed by atoms with Crippen molar-refractivity contribution >= 4 is 28.2 Å². The second-order valence-electron chi connectivity index (χ2n) is 7.92. The van der Waals surface area contributed by atoms with Crippen LogP contribution < -0.4 is 5.32 Å². The van der Waals surface area contributed by atoms with Crippen molar-refractivity contribution in [1.29, 1.82) is 0 Å². The van der Waals surface area contributed by atoms with Gasteiger partial charge in [0, 0.05) is 23.4 Å². The number of carbonyl (C=O) groups excluding carboxylic acids is 2. The van der Waals surface area contributed by atoms with Gasteiger partial charge in [-0.25, -0.2) is 4.79 Å². The number of rotatable bonds is 6. The van der Waals surface area contributed by atoms with E-state index in [-0.39, 0.29) is 11.9 Å². The molecule has 0 radical (unpaired) electrons. The predicted molar refractivity (Wildman–Crippen MR) is 113 cm³/mol. The van der Waals surface area contributed by atoms with Gasteiger partial charge in [0.05, 0.1) is 12.2 Å². The molecule has 0 unspecified atom stereocenters. The van der Waals surface area contributed by atoms with Crippen LogP contribution in [-0.2, 0) is 28.9 Å². The van der Waals surface area contributed by atoms with Crippen LogP contribution in [0.3, 0.4) is 0 Å². The van der Waals surface area contributed by atoms with Crippen LogP contribution in [0.25, 0.3) is 0 Å². The number of ether oxygens (including phenoxy) is 1. The summed E-state index contributed by atoms with van der Waals surface area (Å²) in [7, 11) is 2.06. The van der Waals surface area contributed by atoms with Crippen LogP contribution in [0, 0.1) is 5.41 Å². The molecule has 0 aliphatic carbocycles. The van der Waals surface area contributed by atoms with Crippen molar-refractivity contribution in [3.05, 3.63) is 51.9 Å². The molecule has 5 nitrogen and oxygen atoms in total. The van der Waals surface area contributed by atoms with Gasteiger partial charge < -0.3 is 15.0 Å². The summed E-state index contributed by atoms with van der Waals surface area (Å²) in [6.45, 7) is 7.65. The summed E-state index contributed by atoms with van der Waals surface area (Å²) in [5.41, 5.74) is 2.08. The fourth-order valence-corrected chi connectivity index (χ4v) is 4.81. The van der Waals surface area contributed by atoms with E-state index in [1.807, 2.05) is 44.2 Å². The van der Waals surface area contributed by atoms with Crippen LogP contribution in [0.2, 0.25) is 0 Å². The van der Waals surface area contributed by atoms with E-state index in [0.717, 1.165) is 35.5 Å². The van der Waals surface area contributed by atoms with Crippen molar-refractivity contribution in [3.63, 3.8) is 0 Å². The Morgan fingerprint density at radius 1 is 1.25 bits per heavy atom. The SMILES string of the molecule is CCOC(=O)c1c(NC(=O)C(C)(C)Cc2ccccc2)sc2c1CCN(C)C2. The van der Waals surface area contributed by atoms with E-state index < -0.39 is 5.41 Å². The number of esters is 1. The fraction of sp³-hybridized carbons (Fsp3) is 0.455. The Hall–Kier alpha value is -2.18. The minimum absolute atomic E-state index is 0.0890. The number of carbonyl (C=O) groups is 2. The van der Waals surface area contributed by atoms with Gasteiger partial charge in [-0.2, -0.15) is 0 Å². The van der Waals surface area contributed by atoms with Crippen molar-refractivity contribution in [1.82, 2.24) is 4.90 Å². The van der Waals surface area contributed by atoms with Crippen molar-refractivity contribution in [3.8, 4) is 0 Å². The summed E-state index contributed by atoms with van der Waals surface area (Å²) in [5, 5.41) is 3.66. The maximum absolute atomic E-state index is 13.1. The molecule has 0 fully saturated rings. The number of nitrogens with zero attached hydrogens (tertiary/aromatic N) is 1. The van der Waals surface area contributed by atoms with Gasteiger partial charge in [-0.15, -0.1) is 11.3 Å².